The van der Waals surface area contributed by atoms with Gasteiger partial charge in [0.05, 0.1) is 6.20 Å². The van der Waals surface area contributed by atoms with Gasteiger partial charge < -0.3 is 10.2 Å². The van der Waals surface area contributed by atoms with E-state index in [9.17, 15) is 9.59 Å². The summed E-state index contributed by atoms with van der Waals surface area (Å²) >= 11 is 0. The minimum absolute atomic E-state index is 0.0384. The highest BCUT2D eigenvalue weighted by atomic mass is 16.1. The van der Waals surface area contributed by atoms with Crippen molar-refractivity contribution in [1.82, 2.24) is 24.9 Å². The van der Waals surface area contributed by atoms with E-state index in [4.69, 9.17) is 0 Å². The first-order chi connectivity index (χ1) is 12.5. The SMILES string of the molecule is CCn1nc(N2CCCC(NC(=O)CCn3cc(C)cn3)C2)ccc1=O. The molecular formula is C18H26N6O2. The summed E-state index contributed by atoms with van der Waals surface area (Å²) in [6.07, 6.45) is 6.08. The lowest BCUT2D eigenvalue weighted by Gasteiger charge is -2.34. The minimum Gasteiger partial charge on any atom is -0.353 e. The van der Waals surface area contributed by atoms with Crippen molar-refractivity contribution < 1.29 is 4.79 Å². The Labute approximate surface area is 152 Å². The van der Waals surface area contributed by atoms with Crippen molar-refractivity contribution in [3.8, 4) is 0 Å². The Hall–Kier alpha value is -2.64. The summed E-state index contributed by atoms with van der Waals surface area (Å²) < 4.78 is 3.25. The van der Waals surface area contributed by atoms with E-state index in [0.29, 0.717) is 26.1 Å². The molecule has 1 aliphatic rings. The third-order valence-electron chi connectivity index (χ3n) is 4.59. The van der Waals surface area contributed by atoms with Gasteiger partial charge in [-0.15, -0.1) is 0 Å². The Morgan fingerprint density at radius 3 is 2.96 bits per heavy atom. The lowest BCUT2D eigenvalue weighted by Crippen LogP contribution is -2.48. The molecule has 2 aromatic heterocycles. The van der Waals surface area contributed by atoms with Gasteiger partial charge in [-0.2, -0.15) is 10.2 Å². The lowest BCUT2D eigenvalue weighted by atomic mass is 10.1. The van der Waals surface area contributed by atoms with Crippen LogP contribution in [-0.4, -0.2) is 44.6 Å². The van der Waals surface area contributed by atoms with Gasteiger partial charge in [-0.05, 0) is 38.3 Å². The van der Waals surface area contributed by atoms with Gasteiger partial charge in [0.25, 0.3) is 5.56 Å². The van der Waals surface area contributed by atoms with Crippen LogP contribution in [0.4, 0.5) is 5.82 Å². The molecule has 3 rings (SSSR count). The highest BCUT2D eigenvalue weighted by molar-refractivity contribution is 5.76. The number of nitrogens with one attached hydrogen (secondary N) is 1. The maximum Gasteiger partial charge on any atom is 0.266 e. The Balaban J connectivity index is 1.54. The predicted molar refractivity (Wildman–Crippen MR) is 99.1 cm³/mol. The van der Waals surface area contributed by atoms with Crippen molar-refractivity contribution >= 4 is 11.7 Å². The van der Waals surface area contributed by atoms with Crippen molar-refractivity contribution in [2.45, 2.75) is 52.2 Å². The normalized spacial score (nSPS) is 17.3. The van der Waals surface area contributed by atoms with Crippen molar-refractivity contribution in [2.75, 3.05) is 18.0 Å². The van der Waals surface area contributed by atoms with E-state index in [0.717, 1.165) is 30.8 Å². The summed E-state index contributed by atoms with van der Waals surface area (Å²) in [6, 6.07) is 3.41. The molecule has 2 aromatic rings. The molecule has 3 heterocycles. The average molecular weight is 358 g/mol. The standard InChI is InChI=1S/C18H26N6O2/c1-3-24-18(26)7-6-16(21-24)22-9-4-5-15(13-22)20-17(25)8-10-23-12-14(2)11-19-23/h6-7,11-12,15H,3-5,8-10,13H2,1-2H3,(H,20,25). The molecule has 1 aliphatic heterocycles. The molecule has 1 N–H and O–H groups in total. The first-order valence-electron chi connectivity index (χ1n) is 9.16. The maximum atomic E-state index is 12.2. The Morgan fingerprint density at radius 1 is 1.38 bits per heavy atom. The zero-order chi connectivity index (χ0) is 18.5. The summed E-state index contributed by atoms with van der Waals surface area (Å²) in [5.41, 5.74) is 1.00. The largest absolute Gasteiger partial charge is 0.353 e. The molecule has 1 fully saturated rings. The zero-order valence-electron chi connectivity index (χ0n) is 15.4. The van der Waals surface area contributed by atoms with Gasteiger partial charge in [0.2, 0.25) is 5.91 Å². The smallest absolute Gasteiger partial charge is 0.266 e. The molecular weight excluding hydrogens is 332 g/mol. The third-order valence-corrected chi connectivity index (χ3v) is 4.59. The first kappa shape index (κ1) is 18.2. The molecule has 0 aromatic carbocycles. The fourth-order valence-corrected chi connectivity index (χ4v) is 3.24. The summed E-state index contributed by atoms with van der Waals surface area (Å²) in [6.45, 7) is 6.61. The third kappa shape index (κ3) is 4.50. The number of carbonyl (C=O) groups is 1. The van der Waals surface area contributed by atoms with E-state index >= 15 is 0 Å². The summed E-state index contributed by atoms with van der Waals surface area (Å²) in [5.74, 6) is 0.828. The second-order valence-corrected chi connectivity index (χ2v) is 6.73. The topological polar surface area (TPSA) is 85.1 Å². The summed E-state index contributed by atoms with van der Waals surface area (Å²) in [7, 11) is 0. The Kier molecular flexibility index (Phi) is 5.70. The van der Waals surface area contributed by atoms with Crippen LogP contribution < -0.4 is 15.8 Å². The first-order valence-corrected chi connectivity index (χ1v) is 9.16. The molecule has 1 amide bonds. The van der Waals surface area contributed by atoms with E-state index in [1.54, 1.807) is 23.0 Å². The monoisotopic (exact) mass is 358 g/mol. The number of anilines is 1. The fraction of sp³-hybridized carbons (Fsp3) is 0.556. The van der Waals surface area contributed by atoms with Crippen LogP contribution >= 0.6 is 0 Å². The van der Waals surface area contributed by atoms with Gasteiger partial charge >= 0.3 is 0 Å². The van der Waals surface area contributed by atoms with Gasteiger partial charge in [-0.25, -0.2) is 4.68 Å². The number of piperidine rings is 1. The number of carbonyl (C=O) groups excluding carboxylic acids is 1. The van der Waals surface area contributed by atoms with E-state index in [2.05, 4.69) is 20.4 Å². The molecule has 0 spiro atoms. The quantitative estimate of drug-likeness (QED) is 0.831. The van der Waals surface area contributed by atoms with Crippen LogP contribution in [0.2, 0.25) is 0 Å². The molecule has 0 bridgehead atoms. The Morgan fingerprint density at radius 2 is 2.23 bits per heavy atom. The van der Waals surface area contributed by atoms with Crippen LogP contribution in [0, 0.1) is 6.92 Å². The van der Waals surface area contributed by atoms with E-state index in [1.807, 2.05) is 20.0 Å². The number of hydrogen-bond acceptors (Lipinski definition) is 5. The maximum absolute atomic E-state index is 12.2. The van der Waals surface area contributed by atoms with Gasteiger partial charge in [0.15, 0.2) is 0 Å². The number of aryl methyl sites for hydroxylation is 3. The number of nitrogens with zero attached hydrogens (tertiary/aromatic N) is 5. The van der Waals surface area contributed by atoms with E-state index < -0.39 is 0 Å². The van der Waals surface area contributed by atoms with Crippen LogP contribution in [0.25, 0.3) is 0 Å². The van der Waals surface area contributed by atoms with Gasteiger partial charge in [0.1, 0.15) is 5.82 Å². The summed E-state index contributed by atoms with van der Waals surface area (Å²) in [4.78, 5) is 26.1. The van der Waals surface area contributed by atoms with Gasteiger partial charge in [0, 0.05) is 50.9 Å². The molecule has 1 saturated heterocycles. The van der Waals surface area contributed by atoms with Crippen molar-refractivity contribution in [3.05, 3.63) is 40.4 Å². The van der Waals surface area contributed by atoms with Gasteiger partial charge in [-0.3, -0.25) is 14.3 Å². The predicted octanol–water partition coefficient (Wildman–Crippen LogP) is 0.943. The van der Waals surface area contributed by atoms with Gasteiger partial charge in [-0.1, -0.05) is 0 Å². The average Bonchev–Trinajstić information content (AvgIpc) is 3.06. The molecule has 0 radical (unpaired) electrons. The zero-order valence-corrected chi connectivity index (χ0v) is 15.4. The number of amides is 1. The van der Waals surface area contributed by atoms with Crippen molar-refractivity contribution in [2.24, 2.45) is 0 Å². The van der Waals surface area contributed by atoms with Crippen LogP contribution in [-0.2, 0) is 17.9 Å². The summed E-state index contributed by atoms with van der Waals surface area (Å²) in [5, 5.41) is 11.7. The molecule has 1 unspecified atom stereocenters. The van der Waals surface area contributed by atoms with Crippen LogP contribution in [0.15, 0.2) is 29.3 Å². The van der Waals surface area contributed by atoms with Crippen LogP contribution in [0.3, 0.4) is 0 Å². The molecule has 0 saturated carbocycles. The molecule has 8 heteroatoms. The molecule has 8 nitrogen and oxygen atoms in total. The van der Waals surface area contributed by atoms with E-state index in [1.165, 1.54) is 4.68 Å². The molecule has 0 aliphatic carbocycles. The minimum atomic E-state index is -0.0908. The van der Waals surface area contributed by atoms with Crippen LogP contribution in [0.1, 0.15) is 31.7 Å². The van der Waals surface area contributed by atoms with Crippen LogP contribution in [0.5, 0.6) is 0 Å². The molecule has 1 atom stereocenters. The van der Waals surface area contributed by atoms with E-state index in [-0.39, 0.29) is 17.5 Å². The second kappa shape index (κ2) is 8.16. The molecule has 26 heavy (non-hydrogen) atoms. The lowest BCUT2D eigenvalue weighted by molar-refractivity contribution is -0.122. The van der Waals surface area contributed by atoms with Crippen molar-refractivity contribution in [1.29, 1.82) is 0 Å². The fourth-order valence-electron chi connectivity index (χ4n) is 3.24. The number of aromatic nitrogens is 4. The second-order valence-electron chi connectivity index (χ2n) is 6.73. The highest BCUT2D eigenvalue weighted by Gasteiger charge is 2.22. The number of rotatable bonds is 6. The van der Waals surface area contributed by atoms with Crippen molar-refractivity contribution in [3.63, 3.8) is 0 Å². The molecule has 140 valence electrons. The number of hydrogen-bond donors (Lipinski definition) is 1. The Bertz CT molecular complexity index is 812. The highest BCUT2D eigenvalue weighted by Crippen LogP contribution is 2.16.